The van der Waals surface area contributed by atoms with Crippen LogP contribution in [0.5, 0.6) is 0 Å². The van der Waals surface area contributed by atoms with Gasteiger partial charge in [0.1, 0.15) is 6.54 Å². The summed E-state index contributed by atoms with van der Waals surface area (Å²) in [6, 6.07) is 8.03. The molecule has 0 saturated heterocycles. The predicted molar refractivity (Wildman–Crippen MR) is 78.5 cm³/mol. The van der Waals surface area contributed by atoms with Gasteiger partial charge in [0.25, 0.3) is 5.91 Å². The SMILES string of the molecule is CN(CC(=O)O)C(=O)N(C[C]=O)C(=O)/C=C/c1ccccc1. The number of hydrogen-bond acceptors (Lipinski definition) is 4. The third-order valence-corrected chi connectivity index (χ3v) is 2.64. The molecule has 1 N–H and O–H groups in total. The Bertz CT molecular complexity index is 583. The molecular weight excluding hydrogens is 288 g/mol. The number of carbonyl (C=O) groups is 3. The summed E-state index contributed by atoms with van der Waals surface area (Å²) in [5.74, 6) is -1.95. The normalized spacial score (nSPS) is 10.2. The van der Waals surface area contributed by atoms with E-state index in [2.05, 4.69) is 0 Å². The summed E-state index contributed by atoms with van der Waals surface area (Å²) in [7, 11) is 1.22. The molecule has 0 aliphatic rings. The first-order valence-corrected chi connectivity index (χ1v) is 6.32. The van der Waals surface area contributed by atoms with Gasteiger partial charge in [-0.05, 0) is 11.6 Å². The monoisotopic (exact) mass is 303 g/mol. The van der Waals surface area contributed by atoms with Crippen molar-refractivity contribution in [2.45, 2.75) is 0 Å². The quantitative estimate of drug-likeness (QED) is 0.783. The summed E-state index contributed by atoms with van der Waals surface area (Å²) in [5.41, 5.74) is 0.747. The highest BCUT2D eigenvalue weighted by molar-refractivity contribution is 6.03. The fourth-order valence-electron chi connectivity index (χ4n) is 1.60. The Labute approximate surface area is 127 Å². The van der Waals surface area contributed by atoms with Crippen LogP contribution in [0, 0.1) is 0 Å². The minimum absolute atomic E-state index is 0.569. The van der Waals surface area contributed by atoms with E-state index in [4.69, 9.17) is 5.11 Å². The van der Waals surface area contributed by atoms with Crippen molar-refractivity contribution in [3.63, 3.8) is 0 Å². The number of imide groups is 1. The molecule has 1 aromatic rings. The molecule has 1 aromatic carbocycles. The van der Waals surface area contributed by atoms with Gasteiger partial charge in [0.05, 0.1) is 6.54 Å². The Hall–Kier alpha value is -2.96. The summed E-state index contributed by atoms with van der Waals surface area (Å²) in [6.45, 7) is -1.15. The molecule has 0 aliphatic carbocycles. The molecule has 7 heteroatoms. The van der Waals surface area contributed by atoms with Crippen molar-refractivity contribution >= 4 is 30.3 Å². The molecule has 0 aromatic heterocycles. The number of likely N-dealkylation sites (N-methyl/N-ethyl adjacent to an activating group) is 1. The Morgan fingerprint density at radius 2 is 1.86 bits per heavy atom. The second-order valence-electron chi connectivity index (χ2n) is 4.35. The number of aliphatic carboxylic acids is 1. The number of carbonyl (C=O) groups excluding carboxylic acids is 3. The van der Waals surface area contributed by atoms with E-state index >= 15 is 0 Å². The molecule has 0 heterocycles. The molecule has 0 atom stereocenters. The van der Waals surface area contributed by atoms with Gasteiger partial charge in [-0.3, -0.25) is 19.3 Å². The molecular formula is C15H15N2O5. The predicted octanol–water partition coefficient (Wildman–Crippen LogP) is 0.774. The molecule has 1 rings (SSSR count). The fraction of sp³-hybridized carbons (Fsp3) is 0.200. The van der Waals surface area contributed by atoms with E-state index in [-0.39, 0.29) is 0 Å². The van der Waals surface area contributed by atoms with Crippen molar-refractivity contribution < 1.29 is 24.3 Å². The number of nitrogens with zero attached hydrogens (tertiary/aromatic N) is 2. The van der Waals surface area contributed by atoms with Gasteiger partial charge in [-0.25, -0.2) is 4.79 Å². The molecule has 0 aliphatic heterocycles. The highest BCUT2D eigenvalue weighted by atomic mass is 16.4. The van der Waals surface area contributed by atoms with Crippen molar-refractivity contribution in [3.8, 4) is 0 Å². The lowest BCUT2D eigenvalue weighted by Crippen LogP contribution is -2.46. The minimum atomic E-state index is -1.22. The van der Waals surface area contributed by atoms with Crippen LogP contribution in [0.25, 0.3) is 6.08 Å². The lowest BCUT2D eigenvalue weighted by atomic mass is 10.2. The van der Waals surface area contributed by atoms with E-state index in [1.165, 1.54) is 19.4 Å². The van der Waals surface area contributed by atoms with Gasteiger partial charge in [-0.1, -0.05) is 30.3 Å². The first-order chi connectivity index (χ1) is 10.5. The summed E-state index contributed by atoms with van der Waals surface area (Å²) in [4.78, 5) is 46.5. The van der Waals surface area contributed by atoms with Crippen LogP contribution in [0.3, 0.4) is 0 Å². The minimum Gasteiger partial charge on any atom is -0.480 e. The molecule has 0 fully saturated rings. The zero-order valence-corrected chi connectivity index (χ0v) is 11.9. The topological polar surface area (TPSA) is 95.0 Å². The number of carboxylic acid groups (broad SMARTS) is 1. The lowest BCUT2D eigenvalue weighted by Gasteiger charge is -2.22. The van der Waals surface area contributed by atoms with E-state index in [0.29, 0.717) is 4.90 Å². The van der Waals surface area contributed by atoms with E-state index in [9.17, 15) is 19.2 Å². The first kappa shape index (κ1) is 17.1. The van der Waals surface area contributed by atoms with Crippen LogP contribution in [0.15, 0.2) is 36.4 Å². The number of urea groups is 1. The van der Waals surface area contributed by atoms with E-state index < -0.39 is 31.0 Å². The third-order valence-electron chi connectivity index (χ3n) is 2.64. The van der Waals surface area contributed by atoms with Crippen molar-refractivity contribution in [3.05, 3.63) is 42.0 Å². The Balaban J connectivity index is 2.83. The maximum atomic E-state index is 12.0. The van der Waals surface area contributed by atoms with Gasteiger partial charge < -0.3 is 10.0 Å². The van der Waals surface area contributed by atoms with E-state index in [0.717, 1.165) is 16.5 Å². The standard InChI is InChI=1S/C15H15N2O5/c1-16(11-14(20)21)15(22)17(9-10-18)13(19)8-7-12-5-3-2-4-6-12/h2-8H,9,11H2,1H3,(H,20,21)/b8-7+. The van der Waals surface area contributed by atoms with Crippen LogP contribution in [0.1, 0.15) is 5.56 Å². The lowest BCUT2D eigenvalue weighted by molar-refractivity contribution is -0.137. The average Bonchev–Trinajstić information content (AvgIpc) is 2.50. The van der Waals surface area contributed by atoms with Crippen molar-refractivity contribution in [2.75, 3.05) is 20.1 Å². The molecule has 0 spiro atoms. The molecule has 0 unspecified atom stereocenters. The summed E-state index contributed by atoms with van der Waals surface area (Å²) < 4.78 is 0. The zero-order chi connectivity index (χ0) is 16.5. The highest BCUT2D eigenvalue weighted by Gasteiger charge is 2.24. The second kappa shape index (κ2) is 8.35. The number of rotatable bonds is 6. The number of carboxylic acids is 1. The van der Waals surface area contributed by atoms with Crippen LogP contribution in [-0.4, -0.2) is 59.2 Å². The number of hydrogen-bond donors (Lipinski definition) is 1. The number of benzene rings is 1. The summed E-state index contributed by atoms with van der Waals surface area (Å²) >= 11 is 0. The summed E-state index contributed by atoms with van der Waals surface area (Å²) in [6.07, 6.45) is 4.09. The van der Waals surface area contributed by atoms with Gasteiger partial charge in [0.2, 0.25) is 6.29 Å². The Morgan fingerprint density at radius 3 is 2.41 bits per heavy atom. The van der Waals surface area contributed by atoms with Crippen LogP contribution >= 0.6 is 0 Å². The first-order valence-electron chi connectivity index (χ1n) is 6.32. The van der Waals surface area contributed by atoms with Crippen LogP contribution in [0.4, 0.5) is 4.79 Å². The van der Waals surface area contributed by atoms with Gasteiger partial charge >= 0.3 is 12.0 Å². The molecule has 115 valence electrons. The van der Waals surface area contributed by atoms with Crippen molar-refractivity contribution in [2.24, 2.45) is 0 Å². The average molecular weight is 303 g/mol. The van der Waals surface area contributed by atoms with E-state index in [1.807, 2.05) is 6.07 Å². The largest absolute Gasteiger partial charge is 0.480 e. The maximum Gasteiger partial charge on any atom is 0.327 e. The van der Waals surface area contributed by atoms with Gasteiger partial charge in [-0.15, -0.1) is 0 Å². The fourth-order valence-corrected chi connectivity index (χ4v) is 1.60. The smallest absolute Gasteiger partial charge is 0.327 e. The molecule has 22 heavy (non-hydrogen) atoms. The van der Waals surface area contributed by atoms with Gasteiger partial charge in [0.15, 0.2) is 0 Å². The highest BCUT2D eigenvalue weighted by Crippen LogP contribution is 2.04. The molecule has 0 bridgehead atoms. The van der Waals surface area contributed by atoms with Crippen molar-refractivity contribution in [1.82, 2.24) is 9.80 Å². The van der Waals surface area contributed by atoms with Crippen molar-refractivity contribution in [1.29, 1.82) is 0 Å². The van der Waals surface area contributed by atoms with Gasteiger partial charge in [0, 0.05) is 13.1 Å². The Kier molecular flexibility index (Phi) is 6.49. The van der Waals surface area contributed by atoms with Crippen LogP contribution in [0.2, 0.25) is 0 Å². The Morgan fingerprint density at radius 1 is 1.23 bits per heavy atom. The molecule has 1 radical (unpaired) electrons. The molecule has 0 saturated carbocycles. The van der Waals surface area contributed by atoms with Crippen LogP contribution in [-0.2, 0) is 14.4 Å². The van der Waals surface area contributed by atoms with Gasteiger partial charge in [-0.2, -0.15) is 0 Å². The second-order valence-corrected chi connectivity index (χ2v) is 4.35. The van der Waals surface area contributed by atoms with Crippen LogP contribution < -0.4 is 0 Å². The maximum absolute atomic E-state index is 12.0. The zero-order valence-electron chi connectivity index (χ0n) is 11.9. The molecule has 3 amide bonds. The number of amides is 3. The van der Waals surface area contributed by atoms with E-state index in [1.54, 1.807) is 24.3 Å². The molecule has 7 nitrogen and oxygen atoms in total. The summed E-state index contributed by atoms with van der Waals surface area (Å²) in [5, 5.41) is 8.65. The third kappa shape index (κ3) is 5.20.